The summed E-state index contributed by atoms with van der Waals surface area (Å²) in [6.45, 7) is 2.18. The Morgan fingerprint density at radius 3 is 2.14 bits per heavy atom. The van der Waals surface area contributed by atoms with Gasteiger partial charge in [0.05, 0.1) is 5.27 Å². The molecular weight excluding hydrogens is 264 g/mol. The average Bonchev–Trinajstić information content (AvgIpc) is 2.95. The van der Waals surface area contributed by atoms with Crippen LogP contribution in [0.2, 0.25) is 0 Å². The van der Waals surface area contributed by atoms with Crippen LogP contribution in [-0.4, -0.2) is 5.27 Å². The second-order valence-corrected chi connectivity index (χ2v) is 4.96. The van der Waals surface area contributed by atoms with Crippen LogP contribution in [0, 0.1) is 0 Å². The zero-order valence-corrected chi connectivity index (χ0v) is 11.8. The van der Waals surface area contributed by atoms with E-state index >= 15 is 0 Å². The molecule has 0 fully saturated rings. The van der Waals surface area contributed by atoms with Gasteiger partial charge >= 0.3 is 0 Å². The van der Waals surface area contributed by atoms with Crippen LogP contribution in [0.25, 0.3) is 16.8 Å². The van der Waals surface area contributed by atoms with Crippen molar-refractivity contribution >= 4 is 0 Å². The minimum absolute atomic E-state index is 0.453. The molecule has 0 atom stereocenters. The van der Waals surface area contributed by atoms with Gasteiger partial charge in [0, 0.05) is 12.1 Å². The summed E-state index contributed by atoms with van der Waals surface area (Å²) in [5.74, 6) is -0.453. The van der Waals surface area contributed by atoms with Crippen LogP contribution in [0.4, 0.5) is 0 Å². The van der Waals surface area contributed by atoms with Crippen molar-refractivity contribution < 1.29 is 14.3 Å². The molecule has 3 rings (SSSR count). The number of hydrogen-bond donors (Lipinski definition) is 0. The van der Waals surface area contributed by atoms with E-state index in [2.05, 4.69) is 41.0 Å². The molecule has 0 N–H and O–H groups in total. The van der Waals surface area contributed by atoms with E-state index in [1.165, 1.54) is 22.0 Å². The fourth-order valence-electron chi connectivity index (χ4n) is 2.31. The van der Waals surface area contributed by atoms with Crippen molar-refractivity contribution in [1.82, 2.24) is 5.27 Å². The Labute approximate surface area is 123 Å². The lowest BCUT2D eigenvalue weighted by molar-refractivity contribution is -0.670. The largest absolute Gasteiger partial charge is 0.539 e. The molecule has 21 heavy (non-hydrogen) atoms. The summed E-state index contributed by atoms with van der Waals surface area (Å²) in [4.78, 5) is 0. The van der Waals surface area contributed by atoms with Gasteiger partial charge in [-0.1, -0.05) is 37.6 Å². The second kappa shape index (κ2) is 5.79. The highest BCUT2D eigenvalue weighted by Gasteiger charge is 2.09. The number of rotatable bonds is 4. The summed E-state index contributed by atoms with van der Waals surface area (Å²) in [6.07, 6.45) is 3.58. The molecule has 0 spiro atoms. The number of nitrogens with zero attached hydrogens (tertiary/aromatic N) is 2. The lowest BCUT2D eigenvalue weighted by atomic mass is 10.0. The highest BCUT2D eigenvalue weighted by molar-refractivity contribution is 5.64. The minimum atomic E-state index is -0.453. The molecule has 0 aliphatic rings. The van der Waals surface area contributed by atoms with Crippen LogP contribution < -0.4 is 9.79 Å². The molecule has 2 aromatic carbocycles. The minimum Gasteiger partial charge on any atom is -0.539 e. The lowest BCUT2D eigenvalue weighted by Crippen LogP contribution is -2.31. The van der Waals surface area contributed by atoms with Gasteiger partial charge in [0.15, 0.2) is 0 Å². The average molecular weight is 280 g/mol. The van der Waals surface area contributed by atoms with E-state index in [9.17, 15) is 5.11 Å². The summed E-state index contributed by atoms with van der Waals surface area (Å²) < 4.78 is 5.95. The van der Waals surface area contributed by atoms with Gasteiger partial charge in [0.25, 0.3) is 0 Å². The Morgan fingerprint density at radius 1 is 1.00 bits per heavy atom. The third-order valence-corrected chi connectivity index (χ3v) is 3.40. The Bertz CT molecular complexity index is 715. The Morgan fingerprint density at radius 2 is 1.62 bits per heavy atom. The van der Waals surface area contributed by atoms with Crippen LogP contribution in [0.3, 0.4) is 0 Å². The molecule has 3 aromatic rings. The van der Waals surface area contributed by atoms with Crippen molar-refractivity contribution in [3.05, 3.63) is 60.3 Å². The van der Waals surface area contributed by atoms with E-state index in [1.54, 1.807) is 0 Å². The second-order valence-electron chi connectivity index (χ2n) is 4.96. The monoisotopic (exact) mass is 280 g/mol. The van der Waals surface area contributed by atoms with Crippen molar-refractivity contribution in [2.75, 3.05) is 0 Å². The van der Waals surface area contributed by atoms with E-state index in [1.807, 2.05) is 24.3 Å². The van der Waals surface area contributed by atoms with Crippen molar-refractivity contribution in [3.63, 3.8) is 0 Å². The first-order chi connectivity index (χ1) is 10.3. The smallest absolute Gasteiger partial charge is 0.239 e. The Hall–Kier alpha value is -2.62. The molecule has 1 aromatic heterocycles. The van der Waals surface area contributed by atoms with Crippen molar-refractivity contribution in [2.24, 2.45) is 0 Å². The van der Waals surface area contributed by atoms with E-state index in [4.69, 9.17) is 0 Å². The fourth-order valence-corrected chi connectivity index (χ4v) is 2.31. The van der Waals surface area contributed by atoms with E-state index in [0.717, 1.165) is 24.1 Å². The molecule has 0 aliphatic carbocycles. The van der Waals surface area contributed by atoms with Crippen molar-refractivity contribution in [2.45, 2.75) is 19.8 Å². The van der Waals surface area contributed by atoms with Crippen LogP contribution in [-0.2, 0) is 6.42 Å². The van der Waals surface area contributed by atoms with Gasteiger partial charge in [-0.3, -0.25) is 0 Å². The molecule has 0 aliphatic heterocycles. The maximum Gasteiger partial charge on any atom is 0.239 e. The zero-order chi connectivity index (χ0) is 14.7. The van der Waals surface area contributed by atoms with E-state index < -0.39 is 5.95 Å². The lowest BCUT2D eigenvalue weighted by Gasteiger charge is -2.03. The van der Waals surface area contributed by atoms with E-state index in [0.29, 0.717) is 0 Å². The van der Waals surface area contributed by atoms with Crippen molar-refractivity contribution in [3.8, 4) is 22.8 Å². The predicted molar refractivity (Wildman–Crippen MR) is 76.9 cm³/mol. The van der Waals surface area contributed by atoms with Gasteiger partial charge in [-0.15, -0.1) is 0 Å². The molecule has 0 saturated heterocycles. The zero-order valence-electron chi connectivity index (χ0n) is 11.8. The summed E-state index contributed by atoms with van der Waals surface area (Å²) in [6, 6.07) is 16.5. The molecule has 4 nitrogen and oxygen atoms in total. The quantitative estimate of drug-likeness (QED) is 0.690. The van der Waals surface area contributed by atoms with Gasteiger partial charge < -0.3 is 9.63 Å². The summed E-state index contributed by atoms with van der Waals surface area (Å²) in [5, 5.41) is 14.6. The van der Waals surface area contributed by atoms with Crippen molar-refractivity contribution in [1.29, 1.82) is 0 Å². The predicted octanol–water partition coefficient (Wildman–Crippen LogP) is 2.64. The first-order valence-corrected chi connectivity index (χ1v) is 7.01. The molecule has 0 bridgehead atoms. The molecule has 0 unspecified atom stereocenters. The van der Waals surface area contributed by atoms with Crippen LogP contribution in [0.15, 0.2) is 59.3 Å². The van der Waals surface area contributed by atoms with Crippen LogP contribution >= 0.6 is 0 Å². The summed E-state index contributed by atoms with van der Waals surface area (Å²) >= 11 is 0. The number of aryl methyl sites for hydroxylation is 1. The molecule has 106 valence electrons. The standard InChI is InChI=1S/C17H16N2O2/c1-2-3-13-4-6-14(7-5-13)15-8-10-16(11-9-15)19-12-17(20)21-18-19/h4-12H,2-3H2,1H3. The Kier molecular flexibility index (Phi) is 3.69. The maximum absolute atomic E-state index is 11.0. The molecule has 1 heterocycles. The Balaban J connectivity index is 1.83. The normalized spacial score (nSPS) is 10.7. The summed E-state index contributed by atoms with van der Waals surface area (Å²) in [5.41, 5.74) is 4.47. The van der Waals surface area contributed by atoms with Crippen LogP contribution in [0.5, 0.6) is 5.95 Å². The van der Waals surface area contributed by atoms with Gasteiger partial charge in [-0.05, 0) is 39.9 Å². The third-order valence-electron chi connectivity index (χ3n) is 3.40. The SMILES string of the molecule is CCCc1ccc(-c2ccc(-[n+]3cc([O-])on3)cc2)cc1. The van der Waals surface area contributed by atoms with Gasteiger partial charge in [-0.25, -0.2) is 0 Å². The van der Waals surface area contributed by atoms with Gasteiger partial charge in [-0.2, -0.15) is 0 Å². The number of benzene rings is 2. The first-order valence-electron chi connectivity index (χ1n) is 7.01. The topological polar surface area (TPSA) is 53.0 Å². The highest BCUT2D eigenvalue weighted by Crippen LogP contribution is 2.21. The third kappa shape index (κ3) is 2.94. The molecule has 4 heteroatoms. The number of aromatic nitrogens is 2. The fraction of sp³-hybridized carbons (Fsp3) is 0.176. The highest BCUT2D eigenvalue weighted by atomic mass is 16.6. The molecule has 0 saturated carbocycles. The van der Waals surface area contributed by atoms with E-state index in [-0.39, 0.29) is 0 Å². The van der Waals surface area contributed by atoms with Gasteiger partial charge in [0.2, 0.25) is 11.9 Å². The maximum atomic E-state index is 11.0. The molecule has 0 radical (unpaired) electrons. The first kappa shape index (κ1) is 13.4. The van der Waals surface area contributed by atoms with Gasteiger partial charge in [0.1, 0.15) is 5.95 Å². The molecular formula is C17H16N2O2. The summed E-state index contributed by atoms with van der Waals surface area (Å²) in [7, 11) is 0. The molecule has 0 amide bonds. The van der Waals surface area contributed by atoms with Crippen LogP contribution in [0.1, 0.15) is 18.9 Å². The number of hydrogen-bond acceptors (Lipinski definition) is 3.